The summed E-state index contributed by atoms with van der Waals surface area (Å²) in [7, 11) is 1.58. The van der Waals surface area contributed by atoms with Gasteiger partial charge < -0.3 is 18.8 Å². The summed E-state index contributed by atoms with van der Waals surface area (Å²) in [5.74, 6) is 0.393. The summed E-state index contributed by atoms with van der Waals surface area (Å²) < 4.78 is 8.41. The van der Waals surface area contributed by atoms with E-state index in [1.54, 1.807) is 52.0 Å². The van der Waals surface area contributed by atoms with Gasteiger partial charge in [-0.3, -0.25) is 9.59 Å². The van der Waals surface area contributed by atoms with Crippen molar-refractivity contribution >= 4 is 5.91 Å². The Morgan fingerprint density at radius 3 is 2.58 bits per heavy atom. The van der Waals surface area contributed by atoms with Crippen LogP contribution in [-0.4, -0.2) is 43.6 Å². The van der Waals surface area contributed by atoms with Gasteiger partial charge in [0, 0.05) is 43.7 Å². The molecule has 4 heterocycles. The normalized spacial score (nSPS) is 13.2. The number of aryl methyl sites for hydroxylation is 1. The lowest BCUT2D eigenvalue weighted by molar-refractivity contribution is 0.0687. The lowest BCUT2D eigenvalue weighted by Crippen LogP contribution is -2.44. The molecule has 0 radical (unpaired) electrons. The molecule has 3 aromatic heterocycles. The van der Waals surface area contributed by atoms with Crippen LogP contribution in [0.4, 0.5) is 0 Å². The number of pyridine rings is 2. The Hall–Kier alpha value is -4.20. The molecule has 1 aliphatic heterocycles. The highest BCUT2D eigenvalue weighted by Gasteiger charge is 2.27. The summed E-state index contributed by atoms with van der Waals surface area (Å²) >= 11 is 0. The third kappa shape index (κ3) is 3.80. The van der Waals surface area contributed by atoms with Crippen LogP contribution in [0.3, 0.4) is 0 Å². The Bertz CT molecular complexity index is 1390. The summed E-state index contributed by atoms with van der Waals surface area (Å²) in [5.41, 5.74) is 4.49. The number of hydrogen-bond donors (Lipinski definition) is 0. The Labute approximate surface area is 190 Å². The molecule has 166 valence electrons. The Morgan fingerprint density at radius 2 is 1.85 bits per heavy atom. The number of ether oxygens (including phenoxy) is 1. The zero-order chi connectivity index (χ0) is 22.9. The van der Waals surface area contributed by atoms with Crippen LogP contribution in [-0.2, 0) is 13.1 Å². The number of methoxy groups -OCH3 is 1. The Morgan fingerprint density at radius 1 is 1.00 bits per heavy atom. The van der Waals surface area contributed by atoms with Crippen LogP contribution in [0.1, 0.15) is 21.7 Å². The van der Waals surface area contributed by atoms with E-state index in [0.717, 1.165) is 22.4 Å². The van der Waals surface area contributed by atoms with Crippen molar-refractivity contribution in [1.29, 1.82) is 0 Å². The smallest absolute Gasteiger partial charge is 0.275 e. The zero-order valence-electron chi connectivity index (χ0n) is 18.4. The van der Waals surface area contributed by atoms with E-state index >= 15 is 0 Å². The molecular weight excluding hydrogens is 418 g/mol. The molecule has 0 saturated carbocycles. The average molecular weight is 441 g/mol. The minimum Gasteiger partial charge on any atom is -0.481 e. The summed E-state index contributed by atoms with van der Waals surface area (Å²) in [6, 6.07) is 15.1. The molecule has 0 saturated heterocycles. The molecule has 1 aliphatic rings. The van der Waals surface area contributed by atoms with Gasteiger partial charge in [-0.2, -0.15) is 0 Å². The Kier molecular flexibility index (Phi) is 5.26. The molecule has 0 aliphatic carbocycles. The molecule has 0 spiro atoms. The lowest BCUT2D eigenvalue weighted by Gasteiger charge is -2.30. The van der Waals surface area contributed by atoms with Crippen molar-refractivity contribution in [2.75, 3.05) is 13.7 Å². The first-order valence-electron chi connectivity index (χ1n) is 10.7. The molecular formula is C25H23N5O3. The quantitative estimate of drug-likeness (QED) is 0.475. The molecule has 1 aromatic carbocycles. The predicted octanol–water partition coefficient (Wildman–Crippen LogP) is 3.07. The summed E-state index contributed by atoms with van der Waals surface area (Å²) in [6.07, 6.45) is 5.18. The second kappa shape index (κ2) is 8.38. The number of amides is 1. The second-order valence-electron chi connectivity index (χ2n) is 7.96. The van der Waals surface area contributed by atoms with Crippen LogP contribution >= 0.6 is 0 Å². The molecule has 1 amide bonds. The number of hydrogen-bond acceptors (Lipinski definition) is 5. The molecule has 0 N–H and O–H groups in total. The molecule has 8 nitrogen and oxygen atoms in total. The minimum atomic E-state index is -0.192. The highest BCUT2D eigenvalue weighted by molar-refractivity contribution is 5.93. The third-order valence-corrected chi connectivity index (χ3v) is 5.88. The van der Waals surface area contributed by atoms with Gasteiger partial charge in [0.25, 0.3) is 11.5 Å². The van der Waals surface area contributed by atoms with Crippen LogP contribution < -0.4 is 10.3 Å². The molecule has 0 bridgehead atoms. The number of rotatable bonds is 5. The van der Waals surface area contributed by atoms with Crippen molar-refractivity contribution < 1.29 is 9.53 Å². The van der Waals surface area contributed by atoms with Crippen molar-refractivity contribution in [2.24, 2.45) is 0 Å². The average Bonchev–Trinajstić information content (AvgIpc) is 3.27. The zero-order valence-corrected chi connectivity index (χ0v) is 18.4. The number of benzene rings is 1. The van der Waals surface area contributed by atoms with E-state index in [4.69, 9.17) is 4.74 Å². The molecule has 0 fully saturated rings. The maximum atomic E-state index is 13.3. The first-order valence-corrected chi connectivity index (χ1v) is 10.7. The number of aromatic nitrogens is 4. The van der Waals surface area contributed by atoms with Gasteiger partial charge in [-0.1, -0.05) is 24.3 Å². The highest BCUT2D eigenvalue weighted by atomic mass is 16.5. The van der Waals surface area contributed by atoms with E-state index in [0.29, 0.717) is 36.9 Å². The topological polar surface area (TPSA) is 82.2 Å². The van der Waals surface area contributed by atoms with Gasteiger partial charge in [0.05, 0.1) is 19.1 Å². The van der Waals surface area contributed by atoms with Crippen molar-refractivity contribution in [3.8, 4) is 22.7 Å². The van der Waals surface area contributed by atoms with Crippen LogP contribution in [0.2, 0.25) is 0 Å². The van der Waals surface area contributed by atoms with Crippen molar-refractivity contribution in [3.05, 3.63) is 94.6 Å². The third-order valence-electron chi connectivity index (χ3n) is 5.88. The molecule has 8 heteroatoms. The number of carbonyl (C=O) groups excluding carboxylic acids is 1. The van der Waals surface area contributed by atoms with Gasteiger partial charge in [0.1, 0.15) is 11.4 Å². The largest absolute Gasteiger partial charge is 0.481 e. The van der Waals surface area contributed by atoms with Crippen LogP contribution in [0.15, 0.2) is 72.0 Å². The molecule has 33 heavy (non-hydrogen) atoms. The molecule has 5 rings (SSSR count). The molecule has 4 aromatic rings. The maximum Gasteiger partial charge on any atom is 0.275 e. The van der Waals surface area contributed by atoms with Gasteiger partial charge in [-0.25, -0.2) is 9.97 Å². The minimum absolute atomic E-state index is 0.158. The van der Waals surface area contributed by atoms with Gasteiger partial charge in [-0.15, -0.1) is 0 Å². The van der Waals surface area contributed by atoms with Crippen molar-refractivity contribution in [2.45, 2.75) is 20.0 Å². The fourth-order valence-electron chi connectivity index (χ4n) is 4.17. The number of fused-ring (bicyclic) bond motifs is 1. The van der Waals surface area contributed by atoms with Crippen LogP contribution in [0.5, 0.6) is 5.88 Å². The van der Waals surface area contributed by atoms with Gasteiger partial charge in [0.15, 0.2) is 0 Å². The summed E-state index contributed by atoms with van der Waals surface area (Å²) in [6.45, 7) is 3.20. The van der Waals surface area contributed by atoms with Crippen molar-refractivity contribution in [3.63, 3.8) is 0 Å². The Balaban J connectivity index is 1.43. The standard InChI is InChI=1S/C25H23N5O3/c1-17-14-29(16-27-17)21-8-9-22-24(31)28(11-12-30(22)25(21)32)15-19-5-3-4-6-20(19)18-7-10-23(33-2)26-13-18/h3-10,13-14,16H,11-12,15H2,1-2H3. The van der Waals surface area contributed by atoms with Crippen molar-refractivity contribution in [1.82, 2.24) is 24.0 Å². The SMILES string of the molecule is COc1ccc(-c2ccccc2CN2CCn3c(ccc(-n4cnc(C)c4)c3=O)C2=O)cn1. The summed E-state index contributed by atoms with van der Waals surface area (Å²) in [4.78, 5) is 36.6. The van der Waals surface area contributed by atoms with E-state index in [1.165, 1.54) is 0 Å². The van der Waals surface area contributed by atoms with Crippen LogP contribution in [0, 0.1) is 6.92 Å². The predicted molar refractivity (Wildman–Crippen MR) is 124 cm³/mol. The van der Waals surface area contributed by atoms with Gasteiger partial charge in [0.2, 0.25) is 5.88 Å². The number of imidazole rings is 1. The highest BCUT2D eigenvalue weighted by Crippen LogP contribution is 2.26. The van der Waals surface area contributed by atoms with Crippen LogP contribution in [0.25, 0.3) is 16.8 Å². The molecule has 0 unspecified atom stereocenters. The monoisotopic (exact) mass is 441 g/mol. The fraction of sp³-hybridized carbons (Fsp3) is 0.200. The molecule has 0 atom stereocenters. The van der Waals surface area contributed by atoms with Gasteiger partial charge >= 0.3 is 0 Å². The van der Waals surface area contributed by atoms with E-state index < -0.39 is 0 Å². The van der Waals surface area contributed by atoms with E-state index in [9.17, 15) is 9.59 Å². The maximum absolute atomic E-state index is 13.3. The summed E-state index contributed by atoms with van der Waals surface area (Å²) in [5, 5.41) is 0. The van der Waals surface area contributed by atoms with Gasteiger partial charge in [-0.05, 0) is 36.2 Å². The fourth-order valence-corrected chi connectivity index (χ4v) is 4.17. The first kappa shape index (κ1) is 20.7. The lowest BCUT2D eigenvalue weighted by atomic mass is 10.0. The van der Waals surface area contributed by atoms with E-state index in [2.05, 4.69) is 9.97 Å². The second-order valence-corrected chi connectivity index (χ2v) is 7.96. The van der Waals surface area contributed by atoms with E-state index in [1.807, 2.05) is 43.3 Å². The number of nitrogens with zero attached hydrogens (tertiary/aromatic N) is 5. The van der Waals surface area contributed by atoms with E-state index in [-0.39, 0.29) is 11.5 Å². The first-order chi connectivity index (χ1) is 16.0. The number of carbonyl (C=O) groups is 1.